The number of oxazole rings is 1. The van der Waals surface area contributed by atoms with Crippen LogP contribution in [-0.2, 0) is 12.0 Å². The van der Waals surface area contributed by atoms with Crippen LogP contribution in [0, 0.1) is 6.92 Å². The lowest BCUT2D eigenvalue weighted by Crippen LogP contribution is -2.30. The van der Waals surface area contributed by atoms with Crippen LogP contribution in [0.25, 0.3) is 11.1 Å². The van der Waals surface area contributed by atoms with Crippen LogP contribution >= 0.6 is 0 Å². The van der Waals surface area contributed by atoms with Gasteiger partial charge in [0.2, 0.25) is 5.89 Å². The summed E-state index contributed by atoms with van der Waals surface area (Å²) in [5, 5.41) is 2.63. The zero-order chi connectivity index (χ0) is 18.2. The standard InChI is InChI=1S/C18H20N4O3/c1-10-19-8-12(17(24)21-10)16(23)20-9-15-22-13-7-11(18(2,3)4)5-6-14(13)25-15/h5-8H,9H2,1-4H3,(H,20,23)(H,19,21,24). The van der Waals surface area contributed by atoms with Crippen LogP contribution in [-0.4, -0.2) is 20.9 Å². The Hall–Kier alpha value is -2.96. The molecule has 130 valence electrons. The minimum Gasteiger partial charge on any atom is -0.439 e. The Morgan fingerprint density at radius 3 is 2.76 bits per heavy atom. The molecule has 7 heteroatoms. The average Bonchev–Trinajstić information content (AvgIpc) is 2.93. The van der Waals surface area contributed by atoms with E-state index in [9.17, 15) is 9.59 Å². The number of nitrogens with zero attached hydrogens (tertiary/aromatic N) is 2. The van der Waals surface area contributed by atoms with Gasteiger partial charge in [-0.2, -0.15) is 0 Å². The molecule has 1 aromatic carbocycles. The number of benzene rings is 1. The number of aromatic nitrogens is 3. The van der Waals surface area contributed by atoms with E-state index in [1.807, 2.05) is 18.2 Å². The summed E-state index contributed by atoms with van der Waals surface area (Å²) in [5.74, 6) is 0.312. The van der Waals surface area contributed by atoms with Crippen LogP contribution in [0.2, 0.25) is 0 Å². The fraction of sp³-hybridized carbons (Fsp3) is 0.333. The summed E-state index contributed by atoms with van der Waals surface area (Å²) in [6.45, 7) is 8.12. The van der Waals surface area contributed by atoms with Gasteiger partial charge in [-0.05, 0) is 30.0 Å². The first-order chi connectivity index (χ1) is 11.7. The van der Waals surface area contributed by atoms with Crippen molar-refractivity contribution in [3.8, 4) is 0 Å². The molecule has 0 unspecified atom stereocenters. The molecule has 7 nitrogen and oxygen atoms in total. The first-order valence-corrected chi connectivity index (χ1v) is 7.98. The molecule has 0 aliphatic rings. The number of aryl methyl sites for hydroxylation is 1. The quantitative estimate of drug-likeness (QED) is 0.762. The fourth-order valence-corrected chi connectivity index (χ4v) is 2.41. The second-order valence-corrected chi connectivity index (χ2v) is 6.93. The Morgan fingerprint density at radius 1 is 1.32 bits per heavy atom. The van der Waals surface area contributed by atoms with Gasteiger partial charge in [0.1, 0.15) is 16.9 Å². The van der Waals surface area contributed by atoms with Crippen molar-refractivity contribution in [3.05, 3.63) is 57.6 Å². The second kappa shape index (κ2) is 6.16. The number of rotatable bonds is 3. The molecule has 0 spiro atoms. The topological polar surface area (TPSA) is 101 Å². The summed E-state index contributed by atoms with van der Waals surface area (Å²) in [7, 11) is 0. The Morgan fingerprint density at radius 2 is 2.08 bits per heavy atom. The smallest absolute Gasteiger partial charge is 0.263 e. The van der Waals surface area contributed by atoms with Crippen LogP contribution < -0.4 is 10.9 Å². The third-order valence-corrected chi connectivity index (χ3v) is 3.87. The van der Waals surface area contributed by atoms with Gasteiger partial charge in [-0.3, -0.25) is 9.59 Å². The fourth-order valence-electron chi connectivity index (χ4n) is 2.41. The van der Waals surface area contributed by atoms with E-state index in [0.29, 0.717) is 17.3 Å². The number of amides is 1. The van der Waals surface area contributed by atoms with Crippen molar-refractivity contribution in [2.75, 3.05) is 0 Å². The highest BCUT2D eigenvalue weighted by Crippen LogP contribution is 2.26. The minimum absolute atomic E-state index is 0.0149. The van der Waals surface area contributed by atoms with Gasteiger partial charge in [0.05, 0.1) is 6.54 Å². The molecule has 0 saturated carbocycles. The predicted octanol–water partition coefficient (Wildman–Crippen LogP) is 2.45. The number of nitrogens with one attached hydrogen (secondary N) is 2. The number of aromatic amines is 1. The maximum Gasteiger partial charge on any atom is 0.263 e. The van der Waals surface area contributed by atoms with Crippen molar-refractivity contribution in [1.29, 1.82) is 0 Å². The summed E-state index contributed by atoms with van der Waals surface area (Å²) in [6.07, 6.45) is 1.26. The first-order valence-electron chi connectivity index (χ1n) is 7.98. The highest BCUT2D eigenvalue weighted by atomic mass is 16.3. The lowest BCUT2D eigenvalue weighted by molar-refractivity contribution is 0.0945. The van der Waals surface area contributed by atoms with E-state index in [-0.39, 0.29) is 17.5 Å². The number of carbonyl (C=O) groups excluding carboxylic acids is 1. The van der Waals surface area contributed by atoms with Crippen LogP contribution in [0.4, 0.5) is 0 Å². The van der Waals surface area contributed by atoms with E-state index >= 15 is 0 Å². The monoisotopic (exact) mass is 340 g/mol. The van der Waals surface area contributed by atoms with Gasteiger partial charge < -0.3 is 14.7 Å². The van der Waals surface area contributed by atoms with Gasteiger partial charge in [0.15, 0.2) is 5.58 Å². The summed E-state index contributed by atoms with van der Waals surface area (Å²) in [5.41, 5.74) is 2.05. The molecule has 0 bridgehead atoms. The zero-order valence-corrected chi connectivity index (χ0v) is 14.6. The van der Waals surface area contributed by atoms with Crippen molar-refractivity contribution in [2.45, 2.75) is 39.7 Å². The molecular weight excluding hydrogens is 320 g/mol. The second-order valence-electron chi connectivity index (χ2n) is 6.93. The largest absolute Gasteiger partial charge is 0.439 e. The molecule has 0 atom stereocenters. The third kappa shape index (κ3) is 3.60. The lowest BCUT2D eigenvalue weighted by Gasteiger charge is -2.18. The normalized spacial score (nSPS) is 11.7. The third-order valence-electron chi connectivity index (χ3n) is 3.87. The number of carbonyl (C=O) groups is 1. The molecule has 0 saturated heterocycles. The summed E-state index contributed by atoms with van der Waals surface area (Å²) in [4.78, 5) is 34.7. The highest BCUT2D eigenvalue weighted by Gasteiger charge is 2.16. The summed E-state index contributed by atoms with van der Waals surface area (Å²) >= 11 is 0. The lowest BCUT2D eigenvalue weighted by atomic mass is 9.87. The van der Waals surface area contributed by atoms with Gasteiger partial charge in [0.25, 0.3) is 11.5 Å². The van der Waals surface area contributed by atoms with Crippen molar-refractivity contribution in [2.24, 2.45) is 0 Å². The number of hydrogen-bond donors (Lipinski definition) is 2. The minimum atomic E-state index is -0.522. The first kappa shape index (κ1) is 16.9. The van der Waals surface area contributed by atoms with E-state index in [0.717, 1.165) is 11.1 Å². The van der Waals surface area contributed by atoms with Crippen molar-refractivity contribution in [1.82, 2.24) is 20.3 Å². The van der Waals surface area contributed by atoms with Crippen molar-refractivity contribution < 1.29 is 9.21 Å². The van der Waals surface area contributed by atoms with Gasteiger partial charge >= 0.3 is 0 Å². The molecule has 0 aliphatic carbocycles. The summed E-state index contributed by atoms with van der Waals surface area (Å²) < 4.78 is 5.64. The van der Waals surface area contributed by atoms with Crippen molar-refractivity contribution in [3.63, 3.8) is 0 Å². The Labute approximate surface area is 144 Å². The van der Waals surface area contributed by atoms with Crippen LogP contribution in [0.5, 0.6) is 0 Å². The molecule has 25 heavy (non-hydrogen) atoms. The van der Waals surface area contributed by atoms with Crippen LogP contribution in [0.15, 0.2) is 33.6 Å². The molecular formula is C18H20N4O3. The Bertz CT molecular complexity index is 995. The van der Waals surface area contributed by atoms with E-state index in [4.69, 9.17) is 4.42 Å². The van der Waals surface area contributed by atoms with E-state index in [1.54, 1.807) is 6.92 Å². The van der Waals surface area contributed by atoms with Crippen LogP contribution in [0.1, 0.15) is 48.4 Å². The van der Waals surface area contributed by atoms with Crippen LogP contribution in [0.3, 0.4) is 0 Å². The highest BCUT2D eigenvalue weighted by molar-refractivity contribution is 5.93. The van der Waals surface area contributed by atoms with Gasteiger partial charge in [-0.15, -0.1) is 0 Å². The predicted molar refractivity (Wildman–Crippen MR) is 93.5 cm³/mol. The Kier molecular flexibility index (Phi) is 4.16. The number of hydrogen-bond acceptors (Lipinski definition) is 5. The zero-order valence-electron chi connectivity index (χ0n) is 14.6. The number of fused-ring (bicyclic) bond motifs is 1. The van der Waals surface area contributed by atoms with Gasteiger partial charge in [-0.1, -0.05) is 26.8 Å². The van der Waals surface area contributed by atoms with Crippen molar-refractivity contribution >= 4 is 17.0 Å². The van der Waals surface area contributed by atoms with E-state index in [2.05, 4.69) is 41.0 Å². The molecule has 2 heterocycles. The molecule has 0 aliphatic heterocycles. The average molecular weight is 340 g/mol. The summed E-state index contributed by atoms with van der Waals surface area (Å²) in [6, 6.07) is 5.87. The molecule has 3 aromatic rings. The molecule has 2 N–H and O–H groups in total. The SMILES string of the molecule is Cc1ncc(C(=O)NCc2nc3cc(C(C)(C)C)ccc3o2)c(=O)[nH]1. The molecule has 0 fully saturated rings. The van der Waals surface area contributed by atoms with Gasteiger partial charge in [0, 0.05) is 6.20 Å². The van der Waals surface area contributed by atoms with E-state index in [1.165, 1.54) is 6.20 Å². The maximum absolute atomic E-state index is 12.1. The number of H-pyrrole nitrogens is 1. The Balaban J connectivity index is 1.77. The van der Waals surface area contributed by atoms with E-state index < -0.39 is 11.5 Å². The molecule has 1 amide bonds. The van der Waals surface area contributed by atoms with Gasteiger partial charge in [-0.25, -0.2) is 9.97 Å². The molecule has 0 radical (unpaired) electrons. The molecule has 3 rings (SSSR count). The maximum atomic E-state index is 12.1. The molecule has 2 aromatic heterocycles.